The molecular formula is C14H12Cl2N3S+. The summed E-state index contributed by atoms with van der Waals surface area (Å²) in [5, 5.41) is 4.32. The predicted molar refractivity (Wildman–Crippen MR) is 88.4 cm³/mol. The molecule has 2 aromatic carbocycles. The maximum absolute atomic E-state index is 5.93. The van der Waals surface area contributed by atoms with Crippen LogP contribution in [-0.4, -0.2) is 10.9 Å². The van der Waals surface area contributed by atoms with Crippen LogP contribution >= 0.6 is 35.4 Å². The van der Waals surface area contributed by atoms with E-state index in [1.54, 1.807) is 18.2 Å². The van der Waals surface area contributed by atoms with E-state index in [9.17, 15) is 0 Å². The Kier molecular flexibility index (Phi) is 4.95. The number of nitrogens with two attached hydrogens (primary N) is 1. The molecule has 0 saturated heterocycles. The highest BCUT2D eigenvalue weighted by molar-refractivity contribution is 7.80. The van der Waals surface area contributed by atoms with E-state index in [2.05, 4.69) is 10.3 Å². The van der Waals surface area contributed by atoms with Gasteiger partial charge in [-0.1, -0.05) is 41.4 Å². The van der Waals surface area contributed by atoms with E-state index >= 15 is 0 Å². The fourth-order valence-corrected chi connectivity index (χ4v) is 2.07. The molecule has 0 fully saturated rings. The average molecular weight is 325 g/mol. The lowest BCUT2D eigenvalue weighted by atomic mass is 10.2. The number of rotatable bonds is 2. The maximum Gasteiger partial charge on any atom is 0.292 e. The molecule has 4 N–H and O–H groups in total. The van der Waals surface area contributed by atoms with Crippen LogP contribution in [0.2, 0.25) is 10.0 Å². The molecule has 0 unspecified atom stereocenters. The molecule has 0 spiro atoms. The van der Waals surface area contributed by atoms with Gasteiger partial charge in [0.15, 0.2) is 0 Å². The van der Waals surface area contributed by atoms with Gasteiger partial charge in [-0.15, -0.1) is 0 Å². The zero-order valence-corrected chi connectivity index (χ0v) is 12.7. The van der Waals surface area contributed by atoms with Crippen molar-refractivity contribution < 1.29 is 4.99 Å². The number of anilines is 1. The van der Waals surface area contributed by atoms with Crippen molar-refractivity contribution in [2.24, 2.45) is 5.73 Å². The number of thiocarbonyl (C=S) groups is 1. The highest BCUT2D eigenvalue weighted by Crippen LogP contribution is 2.24. The van der Waals surface area contributed by atoms with Crippen LogP contribution in [0.1, 0.15) is 5.56 Å². The van der Waals surface area contributed by atoms with Gasteiger partial charge in [0, 0.05) is 5.56 Å². The SMILES string of the molecule is NC(=[NH+]C(=S)Nc1ccc(Cl)c(Cl)c1)c1ccccc1. The Bertz CT molecular complexity index is 657. The third-order valence-electron chi connectivity index (χ3n) is 2.51. The van der Waals surface area contributed by atoms with E-state index in [-0.39, 0.29) is 0 Å². The molecule has 2 aromatic rings. The Morgan fingerprint density at radius 3 is 2.40 bits per heavy atom. The molecule has 0 radical (unpaired) electrons. The summed E-state index contributed by atoms with van der Waals surface area (Å²) in [5.41, 5.74) is 7.53. The van der Waals surface area contributed by atoms with Crippen molar-refractivity contribution in [3.8, 4) is 0 Å². The molecule has 2 rings (SSSR count). The smallest absolute Gasteiger partial charge is 0.292 e. The number of benzene rings is 2. The number of amidine groups is 1. The van der Waals surface area contributed by atoms with E-state index < -0.39 is 0 Å². The zero-order valence-electron chi connectivity index (χ0n) is 10.4. The summed E-state index contributed by atoms with van der Waals surface area (Å²) in [7, 11) is 0. The van der Waals surface area contributed by atoms with Crippen molar-refractivity contribution in [3.05, 3.63) is 64.1 Å². The Hall–Kier alpha value is -1.62. The second-order valence-corrected chi connectivity index (χ2v) is 5.21. The van der Waals surface area contributed by atoms with Crippen LogP contribution < -0.4 is 16.0 Å². The van der Waals surface area contributed by atoms with Crippen LogP contribution in [0.25, 0.3) is 0 Å². The summed E-state index contributed by atoms with van der Waals surface area (Å²) in [6.07, 6.45) is 0. The largest absolute Gasteiger partial charge is 0.318 e. The molecule has 0 saturated carbocycles. The highest BCUT2D eigenvalue weighted by atomic mass is 35.5. The normalized spacial score (nSPS) is 11.2. The number of nitrogens with one attached hydrogen (secondary N) is 2. The molecule has 0 heterocycles. The van der Waals surface area contributed by atoms with E-state index in [0.29, 0.717) is 21.0 Å². The van der Waals surface area contributed by atoms with E-state index in [1.165, 1.54) is 0 Å². The number of hydrogen-bond donors (Lipinski definition) is 3. The summed E-state index contributed by atoms with van der Waals surface area (Å²) >= 11 is 17.0. The first-order chi connectivity index (χ1) is 9.56. The van der Waals surface area contributed by atoms with Crippen LogP contribution in [0.3, 0.4) is 0 Å². The quantitative estimate of drug-likeness (QED) is 0.451. The lowest BCUT2D eigenvalue weighted by Crippen LogP contribution is -2.81. The second kappa shape index (κ2) is 6.70. The molecule has 0 aliphatic heterocycles. The van der Waals surface area contributed by atoms with Crippen molar-refractivity contribution >= 4 is 52.1 Å². The molecule has 0 aliphatic rings. The second-order valence-electron chi connectivity index (χ2n) is 3.99. The highest BCUT2D eigenvalue weighted by Gasteiger charge is 2.06. The van der Waals surface area contributed by atoms with Crippen molar-refractivity contribution in [2.45, 2.75) is 0 Å². The van der Waals surface area contributed by atoms with Crippen molar-refractivity contribution in [2.75, 3.05) is 5.32 Å². The van der Waals surface area contributed by atoms with Crippen molar-refractivity contribution in [1.82, 2.24) is 0 Å². The average Bonchev–Trinajstić information content (AvgIpc) is 2.44. The molecule has 3 nitrogen and oxygen atoms in total. The lowest BCUT2D eigenvalue weighted by molar-refractivity contribution is -0.310. The maximum atomic E-state index is 5.93. The molecule has 0 amide bonds. The Morgan fingerprint density at radius 1 is 1.05 bits per heavy atom. The number of hydrogen-bond acceptors (Lipinski definition) is 1. The molecule has 102 valence electrons. The number of nitrogen functional groups attached to an aromatic ring is 1. The molecular weight excluding hydrogens is 313 g/mol. The van der Waals surface area contributed by atoms with Crippen LogP contribution in [0.15, 0.2) is 48.5 Å². The summed E-state index contributed by atoms with van der Waals surface area (Å²) in [5.74, 6) is 0.475. The van der Waals surface area contributed by atoms with Gasteiger partial charge in [-0.05, 0) is 42.5 Å². The van der Waals surface area contributed by atoms with Gasteiger partial charge in [-0.3, -0.25) is 5.32 Å². The standard InChI is InChI=1S/C14H11Cl2N3S/c15-11-7-6-10(8-12(11)16)18-14(20)19-13(17)9-4-2-1-3-5-9/h1-8H,(H3,17,18,19,20)/p+1. The summed E-state index contributed by atoms with van der Waals surface area (Å²) < 4.78 is 0. The molecule has 0 aromatic heterocycles. The van der Waals surface area contributed by atoms with Gasteiger partial charge in [0.05, 0.1) is 15.7 Å². The summed E-state index contributed by atoms with van der Waals surface area (Å²) in [6, 6.07) is 14.7. The molecule has 6 heteroatoms. The first-order valence-electron chi connectivity index (χ1n) is 5.77. The minimum atomic E-state index is 0.379. The summed E-state index contributed by atoms with van der Waals surface area (Å²) in [6.45, 7) is 0. The lowest BCUT2D eigenvalue weighted by Gasteiger charge is -2.02. The van der Waals surface area contributed by atoms with Gasteiger partial charge in [-0.2, -0.15) is 0 Å². The zero-order chi connectivity index (χ0) is 14.5. The van der Waals surface area contributed by atoms with E-state index in [4.69, 9.17) is 41.2 Å². The Balaban J connectivity index is 2.10. The van der Waals surface area contributed by atoms with Crippen LogP contribution in [0.4, 0.5) is 5.69 Å². The minimum absolute atomic E-state index is 0.379. The fourth-order valence-electron chi connectivity index (χ4n) is 1.55. The van der Waals surface area contributed by atoms with Gasteiger partial charge in [0.1, 0.15) is 0 Å². The van der Waals surface area contributed by atoms with Gasteiger partial charge >= 0.3 is 0 Å². The van der Waals surface area contributed by atoms with Gasteiger partial charge in [-0.25, -0.2) is 4.99 Å². The minimum Gasteiger partial charge on any atom is -0.318 e. The topological polar surface area (TPSA) is 52.0 Å². The van der Waals surface area contributed by atoms with Crippen molar-refractivity contribution in [1.29, 1.82) is 0 Å². The monoisotopic (exact) mass is 324 g/mol. The first kappa shape index (κ1) is 14.8. The Labute approximate surface area is 132 Å². The van der Waals surface area contributed by atoms with E-state index in [1.807, 2.05) is 30.3 Å². The van der Waals surface area contributed by atoms with E-state index in [0.717, 1.165) is 11.3 Å². The summed E-state index contributed by atoms with van der Waals surface area (Å²) in [4.78, 5) is 2.92. The molecule has 20 heavy (non-hydrogen) atoms. The predicted octanol–water partition coefficient (Wildman–Crippen LogP) is 2.18. The van der Waals surface area contributed by atoms with Crippen LogP contribution in [0, 0.1) is 0 Å². The van der Waals surface area contributed by atoms with Crippen LogP contribution in [-0.2, 0) is 0 Å². The van der Waals surface area contributed by atoms with Gasteiger partial charge in [0.2, 0.25) is 5.84 Å². The van der Waals surface area contributed by atoms with Gasteiger partial charge < -0.3 is 5.73 Å². The molecule has 0 aliphatic carbocycles. The third-order valence-corrected chi connectivity index (χ3v) is 3.45. The third kappa shape index (κ3) is 3.93. The first-order valence-corrected chi connectivity index (χ1v) is 6.93. The van der Waals surface area contributed by atoms with Crippen LogP contribution in [0.5, 0.6) is 0 Å². The van der Waals surface area contributed by atoms with Crippen molar-refractivity contribution in [3.63, 3.8) is 0 Å². The molecule has 0 atom stereocenters. The van der Waals surface area contributed by atoms with Gasteiger partial charge in [0.25, 0.3) is 5.11 Å². The molecule has 0 bridgehead atoms. The number of halogens is 2. The fraction of sp³-hybridized carbons (Fsp3) is 0. The Morgan fingerprint density at radius 2 is 1.75 bits per heavy atom.